The molecule has 1 aromatic rings. The Bertz CT molecular complexity index is 1280. The fraction of sp³-hybridized carbons (Fsp3) is 0.722. The highest BCUT2D eigenvalue weighted by Gasteiger charge is 2.57. The van der Waals surface area contributed by atoms with Gasteiger partial charge in [-0.25, -0.2) is 0 Å². The fourth-order valence-electron chi connectivity index (χ4n) is 8.63. The van der Waals surface area contributed by atoms with Crippen molar-refractivity contribution in [2.24, 2.45) is 29.1 Å². The topological polar surface area (TPSA) is 114 Å². The first kappa shape index (κ1) is 33.9. The number of hydroxylamine groups is 2. The minimum Gasteiger partial charge on any atom is -0.394 e. The van der Waals surface area contributed by atoms with Gasteiger partial charge in [0.2, 0.25) is 11.8 Å². The average Bonchev–Trinajstić information content (AvgIpc) is 3.35. The maximum Gasteiger partial charge on any atom is 0.240 e. The average molecular weight is 623 g/mol. The summed E-state index contributed by atoms with van der Waals surface area (Å²) >= 11 is 0. The second-order valence-electron chi connectivity index (χ2n) is 15.1. The summed E-state index contributed by atoms with van der Waals surface area (Å²) in [6.45, 7) is 8.93. The van der Waals surface area contributed by atoms with Crippen LogP contribution in [0.4, 0.5) is 0 Å². The minimum absolute atomic E-state index is 0.0186. The Balaban J connectivity index is 1.33. The molecule has 1 heterocycles. The highest BCUT2D eigenvalue weighted by Crippen LogP contribution is 2.61. The van der Waals surface area contributed by atoms with Gasteiger partial charge in [0.25, 0.3) is 0 Å². The number of carbonyl (C=O) groups is 2. The van der Waals surface area contributed by atoms with E-state index in [1.165, 1.54) is 6.42 Å². The molecule has 0 aromatic heterocycles. The highest BCUT2D eigenvalue weighted by molar-refractivity contribution is 5.83. The molecule has 4 saturated carbocycles. The lowest BCUT2D eigenvalue weighted by Crippen LogP contribution is -2.62. The number of hydrogen-bond acceptors (Lipinski definition) is 7. The van der Waals surface area contributed by atoms with Crippen molar-refractivity contribution >= 4 is 11.8 Å². The molecule has 1 unspecified atom stereocenters. The summed E-state index contributed by atoms with van der Waals surface area (Å²) in [6, 6.07) is 7.20. The van der Waals surface area contributed by atoms with Crippen LogP contribution in [-0.4, -0.2) is 89.1 Å². The maximum atomic E-state index is 14.0. The number of rotatable bonds is 9. The number of likely N-dealkylation sites (N-methyl/N-ethyl adjacent to an activating group) is 1. The Labute approximate surface area is 269 Å². The second kappa shape index (κ2) is 13.7. The van der Waals surface area contributed by atoms with Crippen LogP contribution in [0.3, 0.4) is 0 Å². The van der Waals surface area contributed by atoms with Crippen LogP contribution in [0.2, 0.25) is 0 Å². The third kappa shape index (κ3) is 7.26. The van der Waals surface area contributed by atoms with Crippen LogP contribution in [-0.2, 0) is 21.0 Å². The predicted molar refractivity (Wildman–Crippen MR) is 173 cm³/mol. The Hall–Kier alpha value is -2.48. The van der Waals surface area contributed by atoms with Crippen LogP contribution in [0, 0.1) is 40.9 Å². The monoisotopic (exact) mass is 622 g/mol. The lowest BCUT2D eigenvalue weighted by atomic mass is 9.45. The van der Waals surface area contributed by atoms with E-state index in [1.54, 1.807) is 12.0 Å². The highest BCUT2D eigenvalue weighted by atomic mass is 16.7. The van der Waals surface area contributed by atoms with Gasteiger partial charge in [-0.05, 0) is 87.6 Å². The zero-order valence-electron chi connectivity index (χ0n) is 28.0. The number of aliphatic hydroxyl groups excluding tert-OH is 2. The molecule has 45 heavy (non-hydrogen) atoms. The zero-order chi connectivity index (χ0) is 32.5. The molecular weight excluding hydrogens is 568 g/mol. The molecule has 1 aliphatic heterocycles. The van der Waals surface area contributed by atoms with E-state index < -0.39 is 29.7 Å². The molecule has 4 aliphatic carbocycles. The molecule has 4 N–H and O–H groups in total. The molecule has 2 amide bonds. The first-order valence-electron chi connectivity index (χ1n) is 16.9. The summed E-state index contributed by atoms with van der Waals surface area (Å²) < 4.78 is 0. The molecule has 9 nitrogen and oxygen atoms in total. The van der Waals surface area contributed by atoms with Crippen molar-refractivity contribution in [1.29, 1.82) is 0 Å². The first-order chi connectivity index (χ1) is 21.3. The fourth-order valence-corrected chi connectivity index (χ4v) is 8.63. The van der Waals surface area contributed by atoms with Crippen molar-refractivity contribution in [3.63, 3.8) is 0 Å². The van der Waals surface area contributed by atoms with Gasteiger partial charge >= 0.3 is 0 Å². The largest absolute Gasteiger partial charge is 0.394 e. The summed E-state index contributed by atoms with van der Waals surface area (Å²) in [5, 5.41) is 29.1. The van der Waals surface area contributed by atoms with E-state index >= 15 is 0 Å². The lowest BCUT2D eigenvalue weighted by molar-refractivity contribution is -0.183. The van der Waals surface area contributed by atoms with Gasteiger partial charge < -0.3 is 25.7 Å². The number of amides is 2. The third-order valence-corrected chi connectivity index (χ3v) is 11.3. The first-order valence-corrected chi connectivity index (χ1v) is 16.9. The van der Waals surface area contributed by atoms with Crippen LogP contribution in [0.25, 0.3) is 0 Å². The van der Waals surface area contributed by atoms with Crippen molar-refractivity contribution in [2.45, 2.75) is 109 Å². The Kier molecular flexibility index (Phi) is 10.3. The van der Waals surface area contributed by atoms with Gasteiger partial charge in [0, 0.05) is 17.5 Å². The summed E-state index contributed by atoms with van der Waals surface area (Å²) in [4.78, 5) is 34.7. The molecule has 5 fully saturated rings. The summed E-state index contributed by atoms with van der Waals surface area (Å²) in [6.07, 6.45) is 5.54. The van der Waals surface area contributed by atoms with Gasteiger partial charge in [-0.2, -0.15) is 5.06 Å². The molecule has 9 heteroatoms. The van der Waals surface area contributed by atoms with Crippen LogP contribution in [0.5, 0.6) is 0 Å². The number of hydrogen-bond donors (Lipinski definition) is 4. The molecule has 5 aliphatic rings. The van der Waals surface area contributed by atoms with Gasteiger partial charge in [-0.15, -0.1) is 0 Å². The van der Waals surface area contributed by atoms with Gasteiger partial charge in [0.15, 0.2) is 0 Å². The summed E-state index contributed by atoms with van der Waals surface area (Å²) in [7, 11) is 3.77. The molecule has 8 atom stereocenters. The van der Waals surface area contributed by atoms with E-state index in [-0.39, 0.29) is 24.5 Å². The molecular formula is C36H54N4O5. The van der Waals surface area contributed by atoms with Crippen molar-refractivity contribution in [1.82, 2.24) is 20.6 Å². The summed E-state index contributed by atoms with van der Waals surface area (Å²) in [5.74, 6) is 7.59. The van der Waals surface area contributed by atoms with E-state index in [0.29, 0.717) is 36.3 Å². The molecule has 0 radical (unpaired) electrons. The van der Waals surface area contributed by atoms with E-state index in [9.17, 15) is 19.8 Å². The second-order valence-corrected chi connectivity index (χ2v) is 15.1. The maximum absolute atomic E-state index is 14.0. The molecule has 0 spiro atoms. The predicted octanol–water partition coefficient (Wildman–Crippen LogP) is 3.08. The Morgan fingerprint density at radius 2 is 1.91 bits per heavy atom. The SMILES string of the molecule is C[C@@H]1[C@@H](NC(=O)[C@@H]2[C@H]([C@H](C)O)[C@H](CO)ON2Cc2cccc(C#CC3(NC(=O)CN(C)C)CCCCC3)c2)CC2C[C@H]1C2(C)C. The summed E-state index contributed by atoms with van der Waals surface area (Å²) in [5.41, 5.74) is 1.51. The van der Waals surface area contributed by atoms with Crippen LogP contribution >= 0.6 is 0 Å². The third-order valence-electron chi connectivity index (χ3n) is 11.3. The number of nitrogens with zero attached hydrogens (tertiary/aromatic N) is 2. The van der Waals surface area contributed by atoms with E-state index in [1.807, 2.05) is 43.3 Å². The molecule has 2 bridgehead atoms. The number of nitrogens with one attached hydrogen (secondary N) is 2. The van der Waals surface area contributed by atoms with Crippen molar-refractivity contribution in [2.75, 3.05) is 27.2 Å². The van der Waals surface area contributed by atoms with Crippen molar-refractivity contribution < 1.29 is 24.6 Å². The lowest BCUT2D eigenvalue weighted by Gasteiger charge is -2.62. The Morgan fingerprint density at radius 3 is 2.53 bits per heavy atom. The minimum atomic E-state index is -0.842. The quantitative estimate of drug-likeness (QED) is 0.313. The van der Waals surface area contributed by atoms with Gasteiger partial charge in [-0.3, -0.25) is 14.4 Å². The molecule has 248 valence electrons. The van der Waals surface area contributed by atoms with Gasteiger partial charge in [-0.1, -0.05) is 64.0 Å². The number of benzene rings is 1. The molecule has 1 aromatic carbocycles. The van der Waals surface area contributed by atoms with Gasteiger partial charge in [0.05, 0.1) is 25.8 Å². The smallest absolute Gasteiger partial charge is 0.240 e. The van der Waals surface area contributed by atoms with Gasteiger partial charge in [0.1, 0.15) is 17.7 Å². The van der Waals surface area contributed by atoms with Crippen molar-refractivity contribution in [3.05, 3.63) is 35.4 Å². The Morgan fingerprint density at radius 1 is 1.18 bits per heavy atom. The van der Waals surface area contributed by atoms with Crippen LogP contribution in [0.15, 0.2) is 24.3 Å². The van der Waals surface area contributed by atoms with E-state index in [4.69, 9.17) is 4.84 Å². The van der Waals surface area contributed by atoms with E-state index in [2.05, 4.69) is 43.2 Å². The normalized spacial score (nSPS) is 32.6. The molecule has 1 saturated heterocycles. The van der Waals surface area contributed by atoms with E-state index in [0.717, 1.165) is 49.7 Å². The molecule has 6 rings (SSSR count). The van der Waals surface area contributed by atoms with Crippen LogP contribution in [0.1, 0.15) is 83.8 Å². The van der Waals surface area contributed by atoms with Crippen molar-refractivity contribution in [3.8, 4) is 11.8 Å². The zero-order valence-corrected chi connectivity index (χ0v) is 28.0. The number of carbonyl (C=O) groups excluding carboxylic acids is 2. The standard InChI is InChI=1S/C36H54N4O5/c1-23-28-18-27(35(28,3)4)19-29(23)37-34(44)33-32(24(2)42)30(22-41)45-40(33)20-26-12-10-11-25(17-26)13-16-36(14-8-7-9-15-36)38-31(43)21-39(5)6/h10-12,17,23-24,27-30,32-33,41-42H,7-9,14-15,18-22H2,1-6H3,(H,37,44)(H,38,43)/t23-,24-,27?,28+,29-,30-,32+,33-/m0/s1. The number of aliphatic hydroxyl groups is 2. The van der Waals surface area contributed by atoms with Crippen LogP contribution < -0.4 is 10.6 Å². The number of fused-ring (bicyclic) bond motifs is 2.